The van der Waals surface area contributed by atoms with Crippen molar-refractivity contribution in [1.82, 2.24) is 9.97 Å². The second-order valence-corrected chi connectivity index (χ2v) is 3.16. The summed E-state index contributed by atoms with van der Waals surface area (Å²) in [4.78, 5) is 8.12. The minimum absolute atomic E-state index is 0.506. The van der Waals surface area contributed by atoms with Crippen LogP contribution < -0.4 is 15.8 Å². The summed E-state index contributed by atoms with van der Waals surface area (Å²) in [7, 11) is 1.60. The molecule has 0 unspecified atom stereocenters. The molecule has 0 radical (unpaired) electrons. The van der Waals surface area contributed by atoms with Crippen LogP contribution in [0.3, 0.4) is 0 Å². The first-order valence-corrected chi connectivity index (χ1v) is 4.77. The fraction of sp³-hybridized carbons (Fsp3) is 0.0909. The van der Waals surface area contributed by atoms with E-state index in [-0.39, 0.29) is 0 Å². The summed E-state index contributed by atoms with van der Waals surface area (Å²) in [5, 5.41) is 3.04. The van der Waals surface area contributed by atoms with E-state index in [2.05, 4.69) is 15.3 Å². The van der Waals surface area contributed by atoms with Gasteiger partial charge in [-0.15, -0.1) is 0 Å². The Kier molecular flexibility index (Phi) is 2.86. The first-order chi connectivity index (χ1) is 7.79. The molecule has 3 N–H and O–H groups in total. The number of methoxy groups -OCH3 is 1. The van der Waals surface area contributed by atoms with Crippen LogP contribution in [0.5, 0.6) is 5.75 Å². The number of benzene rings is 1. The average Bonchev–Trinajstić information content (AvgIpc) is 2.31. The fourth-order valence-electron chi connectivity index (χ4n) is 1.31. The zero-order chi connectivity index (χ0) is 11.4. The number of nitrogen functional groups attached to an aromatic ring is 1. The van der Waals surface area contributed by atoms with Crippen molar-refractivity contribution in [2.45, 2.75) is 0 Å². The molecule has 1 aromatic carbocycles. The Hall–Kier alpha value is -2.30. The van der Waals surface area contributed by atoms with Gasteiger partial charge in [0, 0.05) is 18.1 Å². The molecular formula is C11H12N4O. The third kappa shape index (κ3) is 2.20. The molecule has 0 spiro atoms. The van der Waals surface area contributed by atoms with Crippen LogP contribution in [-0.2, 0) is 0 Å². The van der Waals surface area contributed by atoms with E-state index in [1.165, 1.54) is 0 Å². The van der Waals surface area contributed by atoms with Crippen molar-refractivity contribution in [3.05, 3.63) is 36.7 Å². The van der Waals surface area contributed by atoms with Crippen LogP contribution in [0.1, 0.15) is 0 Å². The summed E-state index contributed by atoms with van der Waals surface area (Å²) in [6, 6.07) is 7.09. The largest absolute Gasteiger partial charge is 0.495 e. The van der Waals surface area contributed by atoms with Gasteiger partial charge in [-0.1, -0.05) is 0 Å². The second-order valence-electron chi connectivity index (χ2n) is 3.16. The molecule has 0 aliphatic rings. The Balaban J connectivity index is 2.30. The third-order valence-corrected chi connectivity index (χ3v) is 2.04. The maximum atomic E-state index is 5.70. The summed E-state index contributed by atoms with van der Waals surface area (Å²) in [6.45, 7) is 0. The van der Waals surface area contributed by atoms with Gasteiger partial charge in [-0.3, -0.25) is 0 Å². The van der Waals surface area contributed by atoms with Gasteiger partial charge in [-0.2, -0.15) is 0 Å². The Morgan fingerprint density at radius 3 is 2.69 bits per heavy atom. The lowest BCUT2D eigenvalue weighted by atomic mass is 10.2. The van der Waals surface area contributed by atoms with E-state index in [1.807, 2.05) is 0 Å². The van der Waals surface area contributed by atoms with Crippen molar-refractivity contribution in [2.75, 3.05) is 18.2 Å². The Labute approximate surface area is 93.3 Å². The van der Waals surface area contributed by atoms with E-state index in [0.717, 1.165) is 5.69 Å². The number of hydrogen-bond donors (Lipinski definition) is 2. The monoisotopic (exact) mass is 216 g/mol. The maximum Gasteiger partial charge on any atom is 0.227 e. The predicted molar refractivity (Wildman–Crippen MR) is 62.7 cm³/mol. The number of nitrogens with two attached hydrogens (primary N) is 1. The van der Waals surface area contributed by atoms with Crippen LogP contribution in [0.25, 0.3) is 0 Å². The molecule has 0 bridgehead atoms. The average molecular weight is 216 g/mol. The highest BCUT2D eigenvalue weighted by Gasteiger charge is 2.04. The van der Waals surface area contributed by atoms with E-state index in [1.54, 1.807) is 43.8 Å². The highest BCUT2D eigenvalue weighted by Crippen LogP contribution is 2.28. The van der Waals surface area contributed by atoms with Gasteiger partial charge in [-0.25, -0.2) is 9.97 Å². The summed E-state index contributed by atoms with van der Waals surface area (Å²) in [5.41, 5.74) is 7.10. The molecule has 0 fully saturated rings. The molecular weight excluding hydrogens is 204 g/mol. The van der Waals surface area contributed by atoms with Crippen LogP contribution in [0.2, 0.25) is 0 Å². The molecule has 5 heteroatoms. The normalized spacial score (nSPS) is 9.81. The van der Waals surface area contributed by atoms with E-state index in [4.69, 9.17) is 10.5 Å². The molecule has 82 valence electrons. The van der Waals surface area contributed by atoms with Crippen LogP contribution in [0, 0.1) is 0 Å². The maximum absolute atomic E-state index is 5.70. The lowest BCUT2D eigenvalue weighted by Crippen LogP contribution is -1.99. The van der Waals surface area contributed by atoms with E-state index in [0.29, 0.717) is 17.4 Å². The summed E-state index contributed by atoms with van der Waals surface area (Å²) < 4.78 is 5.20. The van der Waals surface area contributed by atoms with Crippen LogP contribution in [0.4, 0.5) is 17.3 Å². The van der Waals surface area contributed by atoms with Gasteiger partial charge in [0.25, 0.3) is 0 Å². The number of anilines is 3. The summed E-state index contributed by atoms with van der Waals surface area (Å²) >= 11 is 0. The van der Waals surface area contributed by atoms with E-state index < -0.39 is 0 Å². The van der Waals surface area contributed by atoms with Crippen molar-refractivity contribution in [3.63, 3.8) is 0 Å². The van der Waals surface area contributed by atoms with Gasteiger partial charge < -0.3 is 15.8 Å². The quantitative estimate of drug-likeness (QED) is 0.765. The number of rotatable bonds is 3. The fourth-order valence-corrected chi connectivity index (χ4v) is 1.31. The van der Waals surface area contributed by atoms with Crippen LogP contribution in [-0.4, -0.2) is 17.1 Å². The second kappa shape index (κ2) is 4.48. The minimum Gasteiger partial charge on any atom is -0.495 e. The van der Waals surface area contributed by atoms with Crippen molar-refractivity contribution in [2.24, 2.45) is 0 Å². The molecule has 2 aromatic rings. The number of ether oxygens (including phenoxy) is 1. The predicted octanol–water partition coefficient (Wildman–Crippen LogP) is 1.81. The Morgan fingerprint density at radius 1 is 1.25 bits per heavy atom. The van der Waals surface area contributed by atoms with Crippen molar-refractivity contribution >= 4 is 17.3 Å². The molecule has 0 saturated heterocycles. The topological polar surface area (TPSA) is 73.1 Å². The van der Waals surface area contributed by atoms with Gasteiger partial charge in [0.2, 0.25) is 5.95 Å². The van der Waals surface area contributed by atoms with Crippen LogP contribution in [0.15, 0.2) is 36.7 Å². The van der Waals surface area contributed by atoms with Crippen molar-refractivity contribution < 1.29 is 4.74 Å². The van der Waals surface area contributed by atoms with Crippen molar-refractivity contribution in [1.29, 1.82) is 0 Å². The molecule has 0 aliphatic carbocycles. The molecule has 1 heterocycles. The number of nitrogens with zero attached hydrogens (tertiary/aromatic N) is 2. The molecule has 1 aromatic heterocycles. The summed E-state index contributed by atoms with van der Waals surface area (Å²) in [5.74, 6) is 1.20. The lowest BCUT2D eigenvalue weighted by molar-refractivity contribution is 0.417. The van der Waals surface area contributed by atoms with E-state index in [9.17, 15) is 0 Å². The van der Waals surface area contributed by atoms with Gasteiger partial charge in [0.05, 0.1) is 12.8 Å². The lowest BCUT2D eigenvalue weighted by Gasteiger charge is -2.10. The van der Waals surface area contributed by atoms with Gasteiger partial charge in [-0.05, 0) is 24.3 Å². The SMILES string of the molecule is COc1ccc(N)cc1Nc1ncccn1. The van der Waals surface area contributed by atoms with Gasteiger partial charge in [0.15, 0.2) is 0 Å². The molecule has 5 nitrogen and oxygen atoms in total. The first kappa shape index (κ1) is 10.2. The summed E-state index contributed by atoms with van der Waals surface area (Å²) in [6.07, 6.45) is 3.32. The van der Waals surface area contributed by atoms with E-state index >= 15 is 0 Å². The first-order valence-electron chi connectivity index (χ1n) is 4.77. The van der Waals surface area contributed by atoms with Gasteiger partial charge in [0.1, 0.15) is 5.75 Å². The highest BCUT2D eigenvalue weighted by molar-refractivity contribution is 5.67. The zero-order valence-corrected chi connectivity index (χ0v) is 8.84. The smallest absolute Gasteiger partial charge is 0.227 e. The van der Waals surface area contributed by atoms with Crippen LogP contribution >= 0.6 is 0 Å². The molecule has 0 aliphatic heterocycles. The molecule has 0 atom stereocenters. The number of hydrogen-bond acceptors (Lipinski definition) is 5. The third-order valence-electron chi connectivity index (χ3n) is 2.04. The molecule has 0 saturated carbocycles. The van der Waals surface area contributed by atoms with Gasteiger partial charge >= 0.3 is 0 Å². The number of nitrogens with one attached hydrogen (secondary N) is 1. The van der Waals surface area contributed by atoms with Crippen molar-refractivity contribution in [3.8, 4) is 5.75 Å². The number of aromatic nitrogens is 2. The zero-order valence-electron chi connectivity index (χ0n) is 8.84. The molecule has 16 heavy (non-hydrogen) atoms. The Bertz CT molecular complexity index is 473. The minimum atomic E-state index is 0.506. The molecule has 0 amide bonds. The Morgan fingerprint density at radius 2 is 2.00 bits per heavy atom. The standard InChI is InChI=1S/C11H12N4O/c1-16-10-4-3-8(12)7-9(10)15-11-13-5-2-6-14-11/h2-7H,12H2,1H3,(H,13,14,15). The molecule has 2 rings (SSSR count). The highest BCUT2D eigenvalue weighted by atomic mass is 16.5.